The highest BCUT2D eigenvalue weighted by molar-refractivity contribution is 7.11. The average molecular weight is 446 g/mol. The predicted molar refractivity (Wildman–Crippen MR) is 130 cm³/mol. The van der Waals surface area contributed by atoms with Crippen molar-refractivity contribution in [3.05, 3.63) is 82.6 Å². The molecule has 1 aromatic heterocycles. The number of piperidine rings is 1. The Morgan fingerprint density at radius 1 is 0.969 bits per heavy atom. The number of benzene rings is 2. The third-order valence-corrected chi connectivity index (χ3v) is 6.58. The van der Waals surface area contributed by atoms with E-state index in [0.29, 0.717) is 38.1 Å². The van der Waals surface area contributed by atoms with Crippen molar-refractivity contribution in [2.24, 2.45) is 5.92 Å². The van der Waals surface area contributed by atoms with Gasteiger partial charge in [0, 0.05) is 23.5 Å². The van der Waals surface area contributed by atoms with Gasteiger partial charge in [-0.3, -0.25) is 9.59 Å². The minimum absolute atomic E-state index is 0.00756. The summed E-state index contributed by atoms with van der Waals surface area (Å²) in [5.74, 6) is -0.257. The van der Waals surface area contributed by atoms with Crippen LogP contribution in [0.1, 0.15) is 30.2 Å². The molecular weight excluding hydrogens is 418 g/mol. The van der Waals surface area contributed by atoms with Gasteiger partial charge < -0.3 is 9.64 Å². The quantitative estimate of drug-likeness (QED) is 0.358. The molecule has 0 saturated carbocycles. The van der Waals surface area contributed by atoms with Gasteiger partial charge in [0.1, 0.15) is 0 Å². The second-order valence-electron chi connectivity index (χ2n) is 7.84. The highest BCUT2D eigenvalue weighted by Crippen LogP contribution is 2.28. The van der Waals surface area contributed by atoms with Gasteiger partial charge in [0.05, 0.1) is 12.5 Å². The number of carbonyl (C=O) groups excluding carboxylic acids is 2. The van der Waals surface area contributed by atoms with Crippen LogP contribution >= 0.6 is 11.3 Å². The number of ether oxygens (including phenoxy) is 1. The number of esters is 1. The number of amides is 1. The lowest BCUT2D eigenvalue weighted by molar-refractivity contribution is -0.150. The molecule has 4 rings (SSSR count). The van der Waals surface area contributed by atoms with Crippen LogP contribution in [-0.2, 0) is 14.3 Å². The number of likely N-dealkylation sites (tertiary alicyclic amines) is 1. The van der Waals surface area contributed by atoms with Crippen LogP contribution in [0.4, 0.5) is 0 Å². The summed E-state index contributed by atoms with van der Waals surface area (Å²) >= 11 is 1.61. The number of nitrogens with zero attached hydrogens (tertiary/aromatic N) is 1. The molecule has 2 aromatic carbocycles. The van der Waals surface area contributed by atoms with E-state index in [2.05, 4.69) is 24.3 Å². The fraction of sp³-hybridized carbons (Fsp3) is 0.259. The fourth-order valence-corrected chi connectivity index (χ4v) is 4.66. The Balaban J connectivity index is 1.55. The minimum atomic E-state index is -0.148. The molecule has 164 valence electrons. The fourth-order valence-electron chi connectivity index (χ4n) is 4.01. The van der Waals surface area contributed by atoms with E-state index in [0.717, 1.165) is 21.6 Å². The van der Waals surface area contributed by atoms with Crippen LogP contribution in [0, 0.1) is 5.92 Å². The van der Waals surface area contributed by atoms with E-state index in [1.165, 1.54) is 0 Å². The molecule has 0 aliphatic carbocycles. The van der Waals surface area contributed by atoms with E-state index in [1.807, 2.05) is 65.7 Å². The van der Waals surface area contributed by atoms with Gasteiger partial charge >= 0.3 is 5.97 Å². The van der Waals surface area contributed by atoms with E-state index in [9.17, 15) is 9.59 Å². The topological polar surface area (TPSA) is 46.6 Å². The molecule has 3 aromatic rings. The molecule has 1 aliphatic rings. The van der Waals surface area contributed by atoms with Gasteiger partial charge in [-0.1, -0.05) is 60.7 Å². The zero-order valence-corrected chi connectivity index (χ0v) is 19.0. The molecule has 0 spiro atoms. The maximum absolute atomic E-state index is 13.5. The summed E-state index contributed by atoms with van der Waals surface area (Å²) in [4.78, 5) is 28.5. The summed E-state index contributed by atoms with van der Waals surface area (Å²) in [7, 11) is 0. The first-order valence-corrected chi connectivity index (χ1v) is 11.9. The van der Waals surface area contributed by atoms with E-state index in [-0.39, 0.29) is 17.8 Å². The van der Waals surface area contributed by atoms with Gasteiger partial charge in [-0.2, -0.15) is 0 Å². The molecule has 5 heteroatoms. The van der Waals surface area contributed by atoms with Gasteiger partial charge in [0.25, 0.3) is 5.91 Å². The molecule has 1 saturated heterocycles. The van der Waals surface area contributed by atoms with Gasteiger partial charge in [0.15, 0.2) is 0 Å². The van der Waals surface area contributed by atoms with Crippen molar-refractivity contribution in [3.63, 3.8) is 0 Å². The maximum Gasteiger partial charge on any atom is 0.309 e. The third kappa shape index (κ3) is 5.17. The first-order valence-electron chi connectivity index (χ1n) is 11.0. The molecule has 32 heavy (non-hydrogen) atoms. The largest absolute Gasteiger partial charge is 0.466 e. The van der Waals surface area contributed by atoms with Gasteiger partial charge in [-0.15, -0.1) is 11.3 Å². The second kappa shape index (κ2) is 10.4. The molecule has 0 radical (unpaired) electrons. The van der Waals surface area contributed by atoms with Crippen LogP contribution in [0.25, 0.3) is 22.8 Å². The zero-order valence-electron chi connectivity index (χ0n) is 18.2. The number of rotatable bonds is 6. The molecular formula is C27H27NO3S. The first-order chi connectivity index (χ1) is 15.7. The summed E-state index contributed by atoms with van der Waals surface area (Å²) < 4.78 is 5.16. The van der Waals surface area contributed by atoms with E-state index >= 15 is 0 Å². The van der Waals surface area contributed by atoms with Crippen molar-refractivity contribution in [2.45, 2.75) is 19.8 Å². The molecule has 1 amide bonds. The Morgan fingerprint density at radius 2 is 1.66 bits per heavy atom. The lowest BCUT2D eigenvalue weighted by Crippen LogP contribution is -2.41. The molecule has 1 aliphatic heterocycles. The first kappa shape index (κ1) is 22.0. The summed E-state index contributed by atoms with van der Waals surface area (Å²) in [6.45, 7) is 3.34. The number of carbonyl (C=O) groups is 2. The Morgan fingerprint density at radius 3 is 2.28 bits per heavy atom. The molecule has 0 bridgehead atoms. The monoisotopic (exact) mass is 445 g/mol. The summed E-state index contributed by atoms with van der Waals surface area (Å²) in [6, 6.07) is 22.4. The lowest BCUT2D eigenvalue weighted by atomic mass is 9.95. The Kier molecular flexibility index (Phi) is 7.17. The highest BCUT2D eigenvalue weighted by Gasteiger charge is 2.29. The van der Waals surface area contributed by atoms with Crippen molar-refractivity contribution in [1.82, 2.24) is 4.90 Å². The minimum Gasteiger partial charge on any atom is -0.466 e. The number of hydrogen-bond donors (Lipinski definition) is 0. The van der Waals surface area contributed by atoms with Crippen LogP contribution < -0.4 is 0 Å². The van der Waals surface area contributed by atoms with Crippen LogP contribution in [0.5, 0.6) is 0 Å². The van der Waals surface area contributed by atoms with Crippen molar-refractivity contribution < 1.29 is 14.3 Å². The Bertz CT molecular complexity index is 1060. The van der Waals surface area contributed by atoms with Crippen molar-refractivity contribution in [1.29, 1.82) is 0 Å². The molecule has 4 nitrogen and oxygen atoms in total. The second-order valence-corrected chi connectivity index (χ2v) is 8.81. The van der Waals surface area contributed by atoms with E-state index in [1.54, 1.807) is 11.3 Å². The number of thiophene rings is 1. The standard InChI is InChI=1S/C27H27NO3S/c1-2-31-27(30)23-14-16-28(17-15-23)26(29)25(19-24-9-6-18-32-24)22-12-10-21(11-13-22)20-7-4-3-5-8-20/h3-13,18-19,23H,2,14-17H2,1H3. The molecule has 1 fully saturated rings. The summed E-state index contributed by atoms with van der Waals surface area (Å²) in [5, 5.41) is 2.01. The van der Waals surface area contributed by atoms with Gasteiger partial charge in [0.2, 0.25) is 0 Å². The van der Waals surface area contributed by atoms with Crippen molar-refractivity contribution in [3.8, 4) is 11.1 Å². The highest BCUT2D eigenvalue weighted by atomic mass is 32.1. The zero-order chi connectivity index (χ0) is 22.3. The summed E-state index contributed by atoms with van der Waals surface area (Å²) in [6.07, 6.45) is 3.26. The van der Waals surface area contributed by atoms with Gasteiger partial charge in [-0.25, -0.2) is 0 Å². The smallest absolute Gasteiger partial charge is 0.309 e. The van der Waals surface area contributed by atoms with Crippen molar-refractivity contribution in [2.75, 3.05) is 19.7 Å². The molecule has 0 N–H and O–H groups in total. The van der Waals surface area contributed by atoms with Crippen molar-refractivity contribution >= 4 is 34.9 Å². The molecule has 0 atom stereocenters. The summed E-state index contributed by atoms with van der Waals surface area (Å²) in [5.41, 5.74) is 3.85. The average Bonchev–Trinajstić information content (AvgIpc) is 3.36. The van der Waals surface area contributed by atoms with Gasteiger partial charge in [-0.05, 0) is 54.0 Å². The normalized spacial score (nSPS) is 14.9. The van der Waals surface area contributed by atoms with Crippen LogP contribution in [0.3, 0.4) is 0 Å². The predicted octanol–water partition coefficient (Wildman–Crippen LogP) is 5.76. The Hall–Kier alpha value is -3.18. The molecule has 0 unspecified atom stereocenters. The molecule has 2 heterocycles. The van der Waals surface area contributed by atoms with Crippen LogP contribution in [-0.4, -0.2) is 36.5 Å². The number of hydrogen-bond acceptors (Lipinski definition) is 4. The third-order valence-electron chi connectivity index (χ3n) is 5.77. The van der Waals surface area contributed by atoms with Crippen LogP contribution in [0.2, 0.25) is 0 Å². The maximum atomic E-state index is 13.5. The lowest BCUT2D eigenvalue weighted by Gasteiger charge is -2.31. The van der Waals surface area contributed by atoms with E-state index < -0.39 is 0 Å². The van der Waals surface area contributed by atoms with E-state index in [4.69, 9.17) is 4.74 Å². The Labute approximate surface area is 193 Å². The van der Waals surface area contributed by atoms with Crippen LogP contribution in [0.15, 0.2) is 72.1 Å². The SMILES string of the molecule is CCOC(=O)C1CCN(C(=O)C(=Cc2cccs2)c2ccc(-c3ccccc3)cc2)CC1.